The number of nitrogens with one attached hydrogen (secondary N) is 1. The topological polar surface area (TPSA) is 15.3 Å². The largest absolute Gasteiger partial charge is 0.382 e. The lowest BCUT2D eigenvalue weighted by Crippen LogP contribution is -2.47. The molecule has 1 N–H and O–H groups in total. The first kappa shape index (κ1) is 18.6. The van der Waals surface area contributed by atoms with Gasteiger partial charge in [0.2, 0.25) is 0 Å². The van der Waals surface area contributed by atoms with E-state index in [2.05, 4.69) is 72.6 Å². The van der Waals surface area contributed by atoms with Crippen molar-refractivity contribution in [2.75, 3.05) is 18.4 Å². The van der Waals surface area contributed by atoms with Crippen molar-refractivity contribution >= 4 is 5.69 Å². The van der Waals surface area contributed by atoms with Gasteiger partial charge in [0.15, 0.2) is 0 Å². The van der Waals surface area contributed by atoms with Crippen molar-refractivity contribution in [3.63, 3.8) is 0 Å². The Kier molecular flexibility index (Phi) is 5.83. The molecule has 144 valence electrons. The standard InChI is InChI=1S/C25H34N2/c1-19-16-20(2)18-23(17-19)26-22-12-14-27(15-13-22)25-11-7-6-10-24(25)21-8-4-3-5-9-21/h3-5,8-9,16-18,22,24-26H,6-7,10-15H2,1-2H3. The van der Waals surface area contributed by atoms with E-state index in [1.54, 1.807) is 5.56 Å². The van der Waals surface area contributed by atoms with E-state index in [-0.39, 0.29) is 0 Å². The lowest BCUT2D eigenvalue weighted by atomic mass is 9.78. The molecule has 2 atom stereocenters. The van der Waals surface area contributed by atoms with Gasteiger partial charge in [-0.25, -0.2) is 0 Å². The minimum atomic E-state index is 0.612. The Labute approximate surface area is 165 Å². The molecule has 0 amide bonds. The zero-order valence-electron chi connectivity index (χ0n) is 17.0. The maximum atomic E-state index is 3.80. The molecule has 0 spiro atoms. The van der Waals surface area contributed by atoms with E-state index >= 15 is 0 Å². The number of hydrogen-bond acceptors (Lipinski definition) is 2. The Balaban J connectivity index is 1.37. The molecule has 2 fully saturated rings. The van der Waals surface area contributed by atoms with Crippen LogP contribution < -0.4 is 5.32 Å². The zero-order chi connectivity index (χ0) is 18.6. The first-order valence-corrected chi connectivity index (χ1v) is 10.8. The second kappa shape index (κ2) is 8.48. The maximum Gasteiger partial charge on any atom is 0.0347 e. The maximum absolute atomic E-state index is 3.80. The van der Waals surface area contributed by atoms with Crippen LogP contribution >= 0.6 is 0 Å². The fourth-order valence-corrected chi connectivity index (χ4v) is 5.31. The summed E-state index contributed by atoms with van der Waals surface area (Å²) in [5.41, 5.74) is 5.55. The van der Waals surface area contributed by atoms with E-state index < -0.39 is 0 Å². The highest BCUT2D eigenvalue weighted by atomic mass is 15.2. The van der Waals surface area contributed by atoms with Gasteiger partial charge in [0.1, 0.15) is 0 Å². The molecule has 1 aliphatic carbocycles. The summed E-state index contributed by atoms with van der Waals surface area (Å²) in [6.07, 6.45) is 8.02. The van der Waals surface area contributed by atoms with Crippen molar-refractivity contribution in [3.8, 4) is 0 Å². The number of hydrogen-bond donors (Lipinski definition) is 1. The Morgan fingerprint density at radius 2 is 1.48 bits per heavy atom. The molecular formula is C25H34N2. The van der Waals surface area contributed by atoms with E-state index in [9.17, 15) is 0 Å². The average molecular weight is 363 g/mol. The SMILES string of the molecule is Cc1cc(C)cc(NC2CCN(C3CCCCC3c3ccccc3)CC2)c1. The van der Waals surface area contributed by atoms with Gasteiger partial charge in [-0.3, -0.25) is 4.90 Å². The predicted molar refractivity (Wildman–Crippen MR) is 116 cm³/mol. The molecule has 1 saturated heterocycles. The Hall–Kier alpha value is -1.80. The van der Waals surface area contributed by atoms with Gasteiger partial charge in [0.25, 0.3) is 0 Å². The molecule has 1 heterocycles. The molecule has 2 aromatic rings. The summed E-state index contributed by atoms with van der Waals surface area (Å²) in [6, 6.07) is 19.4. The molecule has 2 unspecified atom stereocenters. The van der Waals surface area contributed by atoms with Crippen LogP contribution in [0.1, 0.15) is 61.1 Å². The van der Waals surface area contributed by atoms with Crippen molar-refractivity contribution in [2.24, 2.45) is 0 Å². The number of aryl methyl sites for hydroxylation is 2. The highest BCUT2D eigenvalue weighted by molar-refractivity contribution is 5.49. The smallest absolute Gasteiger partial charge is 0.0347 e. The summed E-state index contributed by atoms with van der Waals surface area (Å²) < 4.78 is 0. The first-order valence-electron chi connectivity index (χ1n) is 10.8. The van der Waals surface area contributed by atoms with Crippen LogP contribution in [0, 0.1) is 13.8 Å². The van der Waals surface area contributed by atoms with Gasteiger partial charge >= 0.3 is 0 Å². The number of nitrogens with zero attached hydrogens (tertiary/aromatic N) is 1. The fraction of sp³-hybridized carbons (Fsp3) is 0.520. The normalized spacial score (nSPS) is 24.7. The lowest BCUT2D eigenvalue weighted by Gasteiger charge is -2.44. The van der Waals surface area contributed by atoms with Crippen molar-refractivity contribution in [1.82, 2.24) is 4.90 Å². The van der Waals surface area contributed by atoms with Crippen LogP contribution in [0.3, 0.4) is 0 Å². The summed E-state index contributed by atoms with van der Waals surface area (Å²) in [5.74, 6) is 0.726. The van der Waals surface area contributed by atoms with Gasteiger partial charge in [-0.1, -0.05) is 49.2 Å². The Bertz CT molecular complexity index is 711. The second-order valence-electron chi connectivity index (χ2n) is 8.70. The Morgan fingerprint density at radius 1 is 0.815 bits per heavy atom. The molecule has 4 rings (SSSR count). The van der Waals surface area contributed by atoms with E-state index in [1.807, 2.05) is 0 Å². The van der Waals surface area contributed by atoms with E-state index in [0.717, 1.165) is 12.0 Å². The molecule has 1 aliphatic heterocycles. The monoisotopic (exact) mass is 362 g/mol. The van der Waals surface area contributed by atoms with Crippen molar-refractivity contribution in [3.05, 3.63) is 65.2 Å². The van der Waals surface area contributed by atoms with Gasteiger partial charge in [-0.05, 0) is 74.3 Å². The molecule has 2 aliphatic rings. The number of piperidine rings is 1. The minimum absolute atomic E-state index is 0.612. The van der Waals surface area contributed by atoms with E-state index in [0.29, 0.717) is 6.04 Å². The van der Waals surface area contributed by atoms with Crippen LogP contribution in [0.2, 0.25) is 0 Å². The highest BCUT2D eigenvalue weighted by Crippen LogP contribution is 2.37. The number of benzene rings is 2. The third-order valence-electron chi connectivity index (χ3n) is 6.55. The number of anilines is 1. The molecule has 0 bridgehead atoms. The van der Waals surface area contributed by atoms with Crippen LogP contribution in [0.4, 0.5) is 5.69 Å². The van der Waals surface area contributed by atoms with Crippen LogP contribution in [0.25, 0.3) is 0 Å². The third kappa shape index (κ3) is 4.55. The fourth-order valence-electron chi connectivity index (χ4n) is 5.31. The summed E-state index contributed by atoms with van der Waals surface area (Å²) in [5, 5.41) is 3.80. The van der Waals surface area contributed by atoms with Crippen LogP contribution in [-0.2, 0) is 0 Å². The molecule has 27 heavy (non-hydrogen) atoms. The Morgan fingerprint density at radius 3 is 2.19 bits per heavy atom. The first-order chi connectivity index (χ1) is 13.2. The van der Waals surface area contributed by atoms with Gasteiger partial charge in [0.05, 0.1) is 0 Å². The molecule has 0 aromatic heterocycles. The van der Waals surface area contributed by atoms with Crippen LogP contribution in [0.15, 0.2) is 48.5 Å². The summed E-state index contributed by atoms with van der Waals surface area (Å²) in [4.78, 5) is 2.80. The van der Waals surface area contributed by atoms with Crippen molar-refractivity contribution in [1.29, 1.82) is 0 Å². The van der Waals surface area contributed by atoms with Gasteiger partial charge in [-0.15, -0.1) is 0 Å². The van der Waals surface area contributed by atoms with Gasteiger partial charge < -0.3 is 5.32 Å². The summed E-state index contributed by atoms with van der Waals surface area (Å²) in [6.45, 7) is 6.84. The number of likely N-dealkylation sites (tertiary alicyclic amines) is 1. The molecule has 2 nitrogen and oxygen atoms in total. The van der Waals surface area contributed by atoms with Crippen LogP contribution in [0.5, 0.6) is 0 Å². The van der Waals surface area contributed by atoms with Gasteiger partial charge in [-0.2, -0.15) is 0 Å². The molecule has 1 saturated carbocycles. The number of rotatable bonds is 4. The van der Waals surface area contributed by atoms with Crippen molar-refractivity contribution < 1.29 is 0 Å². The predicted octanol–water partition coefficient (Wildman–Crippen LogP) is 5.91. The zero-order valence-corrected chi connectivity index (χ0v) is 17.0. The van der Waals surface area contributed by atoms with Gasteiger partial charge in [0, 0.05) is 30.9 Å². The molecular weight excluding hydrogens is 328 g/mol. The van der Waals surface area contributed by atoms with Crippen molar-refractivity contribution in [2.45, 2.75) is 70.4 Å². The minimum Gasteiger partial charge on any atom is -0.382 e. The highest BCUT2D eigenvalue weighted by Gasteiger charge is 2.33. The summed E-state index contributed by atoms with van der Waals surface area (Å²) >= 11 is 0. The third-order valence-corrected chi connectivity index (χ3v) is 6.55. The van der Waals surface area contributed by atoms with Crippen LogP contribution in [-0.4, -0.2) is 30.1 Å². The molecule has 2 heteroatoms. The lowest BCUT2D eigenvalue weighted by molar-refractivity contribution is 0.109. The average Bonchev–Trinajstić information content (AvgIpc) is 2.68. The second-order valence-corrected chi connectivity index (χ2v) is 8.70. The molecule has 0 radical (unpaired) electrons. The quantitative estimate of drug-likeness (QED) is 0.728. The van der Waals surface area contributed by atoms with E-state index in [1.165, 1.54) is 68.4 Å². The molecule has 2 aromatic carbocycles. The summed E-state index contributed by atoms with van der Waals surface area (Å²) in [7, 11) is 0. The van der Waals surface area contributed by atoms with E-state index in [4.69, 9.17) is 0 Å².